The van der Waals surface area contributed by atoms with Crippen LogP contribution in [0.4, 0.5) is 4.79 Å². The van der Waals surface area contributed by atoms with Crippen LogP contribution in [0, 0.1) is 0 Å². The van der Waals surface area contributed by atoms with Gasteiger partial charge in [-0.25, -0.2) is 4.79 Å². The normalized spacial score (nSPS) is 20.7. The summed E-state index contributed by atoms with van der Waals surface area (Å²) in [5.41, 5.74) is 0.991. The maximum Gasteiger partial charge on any atom is 0.410 e. The van der Waals surface area contributed by atoms with Crippen LogP contribution in [0.25, 0.3) is 0 Å². The van der Waals surface area contributed by atoms with Crippen molar-refractivity contribution < 1.29 is 19.4 Å². The Hall–Kier alpha value is -1.67. The Morgan fingerprint density at radius 1 is 1.08 bits per heavy atom. The molecule has 1 amide bonds. The number of nitrogens with zero attached hydrogens (tertiary/aromatic N) is 3. The molecule has 2 aliphatic rings. The van der Waals surface area contributed by atoms with Gasteiger partial charge in [0.05, 0.1) is 19.8 Å². The second kappa shape index (κ2) is 9.87. The Morgan fingerprint density at radius 3 is 2.42 bits per heavy atom. The van der Waals surface area contributed by atoms with Crippen molar-refractivity contribution in [2.24, 2.45) is 0 Å². The molecular weight excluding hydrogens is 334 g/mol. The molecule has 1 aromatic carbocycles. The van der Waals surface area contributed by atoms with Crippen LogP contribution in [0.2, 0.25) is 0 Å². The van der Waals surface area contributed by atoms with Crippen LogP contribution in [0.5, 0.6) is 0 Å². The number of piperazine rings is 1. The summed E-state index contributed by atoms with van der Waals surface area (Å²) in [5, 5.41) is 9.79. The standard InChI is InChI=1S/C19H29N3O4/c23-15-18(14-20-10-12-25-13-11-20)21-6-8-22(9-7-21)19(24)26-16-17-4-2-1-3-5-17/h1-5,18,23H,6-16H2/t18-/m0/s1. The van der Waals surface area contributed by atoms with Gasteiger partial charge < -0.3 is 19.5 Å². The van der Waals surface area contributed by atoms with E-state index in [0.717, 1.165) is 51.5 Å². The highest BCUT2D eigenvalue weighted by Crippen LogP contribution is 2.11. The monoisotopic (exact) mass is 363 g/mol. The fourth-order valence-corrected chi connectivity index (χ4v) is 3.45. The van der Waals surface area contributed by atoms with Crippen LogP contribution < -0.4 is 0 Å². The lowest BCUT2D eigenvalue weighted by atomic mass is 10.2. The molecule has 0 bridgehead atoms. The highest BCUT2D eigenvalue weighted by atomic mass is 16.6. The number of ether oxygens (including phenoxy) is 2. The first-order valence-corrected chi connectivity index (χ1v) is 9.37. The Bertz CT molecular complexity index is 543. The van der Waals surface area contributed by atoms with Crippen molar-refractivity contribution >= 4 is 6.09 Å². The summed E-state index contributed by atoms with van der Waals surface area (Å²) in [4.78, 5) is 18.6. The zero-order valence-corrected chi connectivity index (χ0v) is 15.3. The van der Waals surface area contributed by atoms with Gasteiger partial charge in [-0.3, -0.25) is 9.80 Å². The molecule has 7 heteroatoms. The Morgan fingerprint density at radius 2 is 1.77 bits per heavy atom. The minimum absolute atomic E-state index is 0.107. The first kappa shape index (κ1) is 19.1. The zero-order chi connectivity index (χ0) is 18.2. The van der Waals surface area contributed by atoms with E-state index in [1.165, 1.54) is 0 Å². The van der Waals surface area contributed by atoms with E-state index < -0.39 is 0 Å². The van der Waals surface area contributed by atoms with Crippen molar-refractivity contribution in [3.05, 3.63) is 35.9 Å². The molecule has 0 aliphatic carbocycles. The van der Waals surface area contributed by atoms with Gasteiger partial charge in [0.15, 0.2) is 0 Å². The van der Waals surface area contributed by atoms with Crippen LogP contribution in [0.3, 0.4) is 0 Å². The van der Waals surface area contributed by atoms with Crippen molar-refractivity contribution in [1.29, 1.82) is 0 Å². The van der Waals surface area contributed by atoms with Crippen LogP contribution >= 0.6 is 0 Å². The third kappa shape index (κ3) is 5.41. The summed E-state index contributed by atoms with van der Waals surface area (Å²) in [6, 6.07) is 9.82. The van der Waals surface area contributed by atoms with Gasteiger partial charge in [0.2, 0.25) is 0 Å². The third-order valence-electron chi connectivity index (χ3n) is 5.08. The van der Waals surface area contributed by atoms with Gasteiger partial charge in [-0.2, -0.15) is 0 Å². The molecule has 7 nitrogen and oxygen atoms in total. The Labute approximate surface area is 155 Å². The van der Waals surface area contributed by atoms with Crippen LogP contribution in [0.15, 0.2) is 30.3 Å². The molecule has 2 aliphatic heterocycles. The predicted molar refractivity (Wildman–Crippen MR) is 97.9 cm³/mol. The van der Waals surface area contributed by atoms with Gasteiger partial charge in [-0.1, -0.05) is 30.3 Å². The number of carbonyl (C=O) groups is 1. The van der Waals surface area contributed by atoms with Gasteiger partial charge in [0, 0.05) is 51.9 Å². The lowest BCUT2D eigenvalue weighted by Crippen LogP contribution is -2.56. The molecule has 0 spiro atoms. The molecule has 0 unspecified atom stereocenters. The maximum atomic E-state index is 12.2. The predicted octanol–water partition coefficient (Wildman–Crippen LogP) is 0.634. The molecule has 1 aromatic rings. The van der Waals surface area contributed by atoms with Crippen molar-refractivity contribution in [2.75, 3.05) is 65.6 Å². The molecule has 2 saturated heterocycles. The molecule has 3 rings (SSSR count). The van der Waals surface area contributed by atoms with E-state index >= 15 is 0 Å². The summed E-state index contributed by atoms with van der Waals surface area (Å²) >= 11 is 0. The highest BCUT2D eigenvalue weighted by Gasteiger charge is 2.28. The molecule has 0 radical (unpaired) electrons. The molecule has 0 saturated carbocycles. The van der Waals surface area contributed by atoms with Gasteiger partial charge in [0.25, 0.3) is 0 Å². The van der Waals surface area contributed by atoms with Crippen molar-refractivity contribution in [2.45, 2.75) is 12.6 Å². The Kier molecular flexibility index (Phi) is 7.25. The molecule has 1 N–H and O–H groups in total. The average molecular weight is 363 g/mol. The molecule has 0 aromatic heterocycles. The highest BCUT2D eigenvalue weighted by molar-refractivity contribution is 5.67. The molecule has 2 fully saturated rings. The van der Waals surface area contributed by atoms with E-state index in [9.17, 15) is 9.90 Å². The number of carbonyl (C=O) groups excluding carboxylic acids is 1. The van der Waals surface area contributed by atoms with Crippen molar-refractivity contribution in [1.82, 2.24) is 14.7 Å². The SMILES string of the molecule is O=C(OCc1ccccc1)N1CCN([C@H](CO)CN2CCOCC2)CC1. The smallest absolute Gasteiger partial charge is 0.410 e. The number of amides is 1. The second-order valence-electron chi connectivity index (χ2n) is 6.81. The first-order valence-electron chi connectivity index (χ1n) is 9.37. The number of morpholine rings is 1. The Balaban J connectivity index is 1.41. The van der Waals surface area contributed by atoms with E-state index in [-0.39, 0.29) is 18.7 Å². The molecule has 144 valence electrons. The van der Waals surface area contributed by atoms with E-state index in [2.05, 4.69) is 9.80 Å². The molecular formula is C19H29N3O4. The summed E-state index contributed by atoms with van der Waals surface area (Å²) < 4.78 is 10.8. The zero-order valence-electron chi connectivity index (χ0n) is 15.3. The number of rotatable bonds is 6. The van der Waals surface area contributed by atoms with E-state index in [1.54, 1.807) is 4.90 Å². The van der Waals surface area contributed by atoms with Crippen molar-refractivity contribution in [3.8, 4) is 0 Å². The lowest BCUT2D eigenvalue weighted by molar-refractivity contribution is 0.00203. The summed E-state index contributed by atoms with van der Waals surface area (Å²) in [6.07, 6.45) is -0.262. The number of aliphatic hydroxyl groups is 1. The maximum absolute atomic E-state index is 12.2. The van der Waals surface area contributed by atoms with Crippen LogP contribution in [0.1, 0.15) is 5.56 Å². The van der Waals surface area contributed by atoms with Gasteiger partial charge in [-0.05, 0) is 5.56 Å². The lowest BCUT2D eigenvalue weighted by Gasteiger charge is -2.40. The van der Waals surface area contributed by atoms with Crippen LogP contribution in [-0.4, -0.2) is 97.6 Å². The van der Waals surface area contributed by atoms with E-state index in [1.807, 2.05) is 30.3 Å². The van der Waals surface area contributed by atoms with Gasteiger partial charge in [0.1, 0.15) is 6.61 Å². The fraction of sp³-hybridized carbons (Fsp3) is 0.632. The largest absolute Gasteiger partial charge is 0.445 e. The number of benzene rings is 1. The molecule has 1 atom stereocenters. The fourth-order valence-electron chi connectivity index (χ4n) is 3.45. The van der Waals surface area contributed by atoms with Crippen LogP contribution in [-0.2, 0) is 16.1 Å². The third-order valence-corrected chi connectivity index (χ3v) is 5.08. The second-order valence-corrected chi connectivity index (χ2v) is 6.81. The summed E-state index contributed by atoms with van der Waals surface area (Å²) in [7, 11) is 0. The quantitative estimate of drug-likeness (QED) is 0.800. The van der Waals surface area contributed by atoms with Crippen molar-refractivity contribution in [3.63, 3.8) is 0 Å². The number of aliphatic hydroxyl groups excluding tert-OH is 1. The van der Waals surface area contributed by atoms with Gasteiger partial charge >= 0.3 is 6.09 Å². The molecule has 2 heterocycles. The summed E-state index contributed by atoms with van der Waals surface area (Å²) in [5.74, 6) is 0. The average Bonchev–Trinajstić information content (AvgIpc) is 2.72. The minimum atomic E-state index is -0.262. The number of hydrogen-bond acceptors (Lipinski definition) is 6. The molecule has 26 heavy (non-hydrogen) atoms. The first-order chi connectivity index (χ1) is 12.8. The summed E-state index contributed by atoms with van der Waals surface area (Å²) in [6.45, 7) is 7.43. The number of hydrogen-bond donors (Lipinski definition) is 1. The van der Waals surface area contributed by atoms with E-state index in [4.69, 9.17) is 9.47 Å². The van der Waals surface area contributed by atoms with E-state index in [0.29, 0.717) is 19.7 Å². The van der Waals surface area contributed by atoms with Gasteiger partial charge in [-0.15, -0.1) is 0 Å². The topological polar surface area (TPSA) is 65.5 Å². The minimum Gasteiger partial charge on any atom is -0.445 e.